The summed E-state index contributed by atoms with van der Waals surface area (Å²) in [5.41, 5.74) is 6.57. The van der Waals surface area contributed by atoms with Crippen molar-refractivity contribution in [2.24, 2.45) is 0 Å². The average molecular weight is 504 g/mol. The fourth-order valence-electron chi connectivity index (χ4n) is 5.72. The molecule has 6 aromatic rings. The zero-order valence-corrected chi connectivity index (χ0v) is 22.3. The van der Waals surface area contributed by atoms with Crippen molar-refractivity contribution in [3.05, 3.63) is 126 Å². The molecule has 0 radical (unpaired) electrons. The number of hydrogen-bond donors (Lipinski definition) is 0. The van der Waals surface area contributed by atoms with Crippen molar-refractivity contribution < 1.29 is 0 Å². The molecule has 0 unspecified atom stereocenters. The van der Waals surface area contributed by atoms with Gasteiger partial charge in [-0.05, 0) is 57.9 Å². The molecule has 0 fully saturated rings. The van der Waals surface area contributed by atoms with Crippen molar-refractivity contribution in [2.45, 2.75) is 13.1 Å². The Kier molecular flexibility index (Phi) is 5.69. The largest absolute Gasteiger partial charge is 0.309 e. The summed E-state index contributed by atoms with van der Waals surface area (Å²) in [4.78, 5) is 0. The number of hydrogen-bond acceptors (Lipinski definition) is 2. The minimum absolute atomic E-state index is 0.499. The predicted octanol–water partition coefficient (Wildman–Crippen LogP) is 7.02. The molecule has 0 amide bonds. The van der Waals surface area contributed by atoms with Gasteiger partial charge in [0.15, 0.2) is 0 Å². The molecule has 1 heterocycles. The van der Waals surface area contributed by atoms with Gasteiger partial charge in [-0.2, -0.15) is 10.5 Å². The van der Waals surface area contributed by atoms with Crippen LogP contribution < -0.4 is 10.4 Å². The summed E-state index contributed by atoms with van der Waals surface area (Å²) < 4.78 is 2.40. The number of para-hydroxylation sites is 3. The third kappa shape index (κ3) is 3.71. The first-order valence-electron chi connectivity index (χ1n) is 12.7. The minimum Gasteiger partial charge on any atom is -0.309 e. The number of fused-ring (bicyclic) bond motifs is 3. The van der Waals surface area contributed by atoms with Gasteiger partial charge in [0, 0.05) is 16.5 Å². The number of aromatic nitrogens is 1. The maximum Gasteiger partial charge on any atom is 0.115 e. The molecule has 0 bridgehead atoms. The van der Waals surface area contributed by atoms with E-state index in [4.69, 9.17) is 0 Å². The molecular formula is C34H25N3Si. The minimum atomic E-state index is -2.30. The van der Waals surface area contributed by atoms with E-state index < -0.39 is 8.07 Å². The smallest absolute Gasteiger partial charge is 0.115 e. The number of rotatable bonds is 4. The third-order valence-corrected chi connectivity index (χ3v) is 11.1. The Balaban J connectivity index is 1.61. The third-order valence-electron chi connectivity index (χ3n) is 7.50. The molecule has 0 saturated heterocycles. The molecule has 180 valence electrons. The Morgan fingerprint density at radius 1 is 0.579 bits per heavy atom. The molecule has 5 aromatic carbocycles. The lowest BCUT2D eigenvalue weighted by Crippen LogP contribution is -2.54. The van der Waals surface area contributed by atoms with Gasteiger partial charge in [-0.25, -0.2) is 0 Å². The van der Waals surface area contributed by atoms with Gasteiger partial charge in [0.05, 0.1) is 34.3 Å². The van der Waals surface area contributed by atoms with Gasteiger partial charge in [0.25, 0.3) is 0 Å². The van der Waals surface area contributed by atoms with Crippen molar-refractivity contribution in [2.75, 3.05) is 0 Å². The van der Waals surface area contributed by atoms with Crippen LogP contribution in [0.4, 0.5) is 0 Å². The van der Waals surface area contributed by atoms with Gasteiger partial charge in [0.2, 0.25) is 0 Å². The second kappa shape index (κ2) is 9.20. The van der Waals surface area contributed by atoms with Crippen molar-refractivity contribution in [3.8, 4) is 29.0 Å². The standard InChI is InChI=1S/C34H25N3Si/c1-38(2,33-17-9-5-11-27(33)26-20-24(22-35)19-25(21-26)23-36)34-18-10-8-16-32(34)37-30-14-6-3-12-28(30)29-13-4-7-15-31(29)37/h3-21H,1-2H3. The molecule has 38 heavy (non-hydrogen) atoms. The zero-order valence-electron chi connectivity index (χ0n) is 21.3. The lowest BCUT2D eigenvalue weighted by molar-refractivity contribution is 1.19. The maximum absolute atomic E-state index is 9.60. The molecule has 3 nitrogen and oxygen atoms in total. The van der Waals surface area contributed by atoms with Crippen LogP contribution in [0.3, 0.4) is 0 Å². The first-order chi connectivity index (χ1) is 18.5. The summed E-state index contributed by atoms with van der Waals surface area (Å²) in [6.45, 7) is 4.77. The fraction of sp³-hybridized carbons (Fsp3) is 0.0588. The van der Waals surface area contributed by atoms with Crippen LogP contribution in [0.1, 0.15) is 11.1 Å². The summed E-state index contributed by atoms with van der Waals surface area (Å²) in [5, 5.41) is 24.3. The van der Waals surface area contributed by atoms with E-state index in [0.29, 0.717) is 11.1 Å². The Hall–Kier alpha value is -4.90. The molecule has 0 N–H and O–H groups in total. The summed E-state index contributed by atoms with van der Waals surface area (Å²) in [5.74, 6) is 0. The van der Waals surface area contributed by atoms with E-state index in [1.165, 1.54) is 37.9 Å². The van der Waals surface area contributed by atoms with Crippen LogP contribution in [0.25, 0.3) is 38.6 Å². The summed E-state index contributed by atoms with van der Waals surface area (Å²) in [6.07, 6.45) is 0. The van der Waals surface area contributed by atoms with Crippen LogP contribution in [-0.4, -0.2) is 12.6 Å². The van der Waals surface area contributed by atoms with E-state index in [1.807, 2.05) is 18.2 Å². The lowest BCUT2D eigenvalue weighted by Gasteiger charge is -2.29. The van der Waals surface area contributed by atoms with E-state index in [-0.39, 0.29) is 0 Å². The quantitative estimate of drug-likeness (QED) is 0.243. The zero-order chi connectivity index (χ0) is 26.3. The fourth-order valence-corrected chi connectivity index (χ4v) is 8.77. The lowest BCUT2D eigenvalue weighted by atomic mass is 10.0. The molecule has 0 spiro atoms. The second-order valence-electron chi connectivity index (χ2n) is 10.1. The van der Waals surface area contributed by atoms with Crippen LogP contribution in [-0.2, 0) is 0 Å². The highest BCUT2D eigenvalue weighted by Gasteiger charge is 2.32. The molecule has 0 aliphatic heterocycles. The Morgan fingerprint density at radius 2 is 1.08 bits per heavy atom. The Morgan fingerprint density at radius 3 is 1.68 bits per heavy atom. The molecule has 0 saturated carbocycles. The molecule has 6 rings (SSSR count). The molecule has 0 aliphatic rings. The average Bonchev–Trinajstić information content (AvgIpc) is 3.31. The van der Waals surface area contributed by atoms with Gasteiger partial charge in [-0.15, -0.1) is 0 Å². The van der Waals surface area contributed by atoms with Crippen molar-refractivity contribution >= 4 is 40.3 Å². The molecular weight excluding hydrogens is 478 g/mol. The topological polar surface area (TPSA) is 52.5 Å². The predicted molar refractivity (Wildman–Crippen MR) is 159 cm³/mol. The van der Waals surface area contributed by atoms with Crippen molar-refractivity contribution in [1.82, 2.24) is 4.57 Å². The van der Waals surface area contributed by atoms with Crippen molar-refractivity contribution in [3.63, 3.8) is 0 Å². The van der Waals surface area contributed by atoms with Crippen LogP contribution in [0.15, 0.2) is 115 Å². The first-order valence-corrected chi connectivity index (χ1v) is 15.7. The van der Waals surface area contributed by atoms with E-state index in [1.54, 1.807) is 6.07 Å². The van der Waals surface area contributed by atoms with Gasteiger partial charge in [0.1, 0.15) is 8.07 Å². The van der Waals surface area contributed by atoms with Crippen LogP contribution in [0.5, 0.6) is 0 Å². The number of nitrogens with zero attached hydrogens (tertiary/aromatic N) is 3. The summed E-state index contributed by atoms with van der Waals surface area (Å²) in [6, 6.07) is 44.3. The van der Waals surface area contributed by atoms with Gasteiger partial charge < -0.3 is 4.57 Å². The first kappa shape index (κ1) is 23.5. The van der Waals surface area contributed by atoms with E-state index in [9.17, 15) is 10.5 Å². The van der Waals surface area contributed by atoms with Crippen LogP contribution in [0, 0.1) is 22.7 Å². The van der Waals surface area contributed by atoms with E-state index >= 15 is 0 Å². The monoisotopic (exact) mass is 503 g/mol. The second-order valence-corrected chi connectivity index (χ2v) is 14.4. The number of nitriles is 2. The highest BCUT2D eigenvalue weighted by molar-refractivity contribution is 7.01. The normalized spacial score (nSPS) is 11.4. The van der Waals surface area contributed by atoms with Gasteiger partial charge in [-0.3, -0.25) is 0 Å². The van der Waals surface area contributed by atoms with Crippen LogP contribution in [0.2, 0.25) is 13.1 Å². The Bertz CT molecular complexity index is 1850. The molecule has 4 heteroatoms. The van der Waals surface area contributed by atoms with Crippen LogP contribution >= 0.6 is 0 Å². The molecule has 0 atom stereocenters. The maximum atomic E-state index is 9.60. The van der Waals surface area contributed by atoms with Crippen molar-refractivity contribution in [1.29, 1.82) is 10.5 Å². The van der Waals surface area contributed by atoms with E-state index in [0.717, 1.165) is 11.1 Å². The van der Waals surface area contributed by atoms with Gasteiger partial charge >= 0.3 is 0 Å². The SMILES string of the molecule is C[Si](C)(c1ccccc1-c1cc(C#N)cc(C#N)c1)c1ccccc1-n1c2ccccc2c2ccccc21. The summed E-state index contributed by atoms with van der Waals surface area (Å²) >= 11 is 0. The Labute approximate surface area is 223 Å². The summed E-state index contributed by atoms with van der Waals surface area (Å²) in [7, 11) is -2.30. The highest BCUT2D eigenvalue weighted by Crippen LogP contribution is 2.32. The molecule has 0 aliphatic carbocycles. The molecule has 1 aromatic heterocycles. The number of benzene rings is 5. The van der Waals surface area contributed by atoms with Gasteiger partial charge in [-0.1, -0.05) is 92.0 Å². The van der Waals surface area contributed by atoms with E-state index in [2.05, 4.69) is 121 Å². The highest BCUT2D eigenvalue weighted by atomic mass is 28.3.